The van der Waals surface area contributed by atoms with Gasteiger partial charge in [0.1, 0.15) is 11.6 Å². The molecule has 0 atom stereocenters. The lowest BCUT2D eigenvalue weighted by Crippen LogP contribution is -2.18. The van der Waals surface area contributed by atoms with E-state index in [1.54, 1.807) is 6.92 Å². The van der Waals surface area contributed by atoms with Crippen molar-refractivity contribution < 1.29 is 17.2 Å². The molecular weight excluding hydrogens is 278 g/mol. The van der Waals surface area contributed by atoms with Crippen molar-refractivity contribution in [2.75, 3.05) is 0 Å². The highest BCUT2D eigenvalue weighted by Gasteiger charge is 2.21. The Morgan fingerprint density at radius 1 is 1.21 bits per heavy atom. The third-order valence-electron chi connectivity index (χ3n) is 2.41. The van der Waals surface area contributed by atoms with Gasteiger partial charge in [0.05, 0.1) is 0 Å². The number of hydrogen-bond acceptors (Lipinski definition) is 4. The smallest absolute Gasteiger partial charge is 0.273 e. The number of aromatic nitrogens is 3. The molecule has 2 aromatic rings. The summed E-state index contributed by atoms with van der Waals surface area (Å²) in [5.41, 5.74) is 0.0850. The molecule has 0 radical (unpaired) electrons. The van der Waals surface area contributed by atoms with E-state index in [1.165, 1.54) is 4.57 Å². The van der Waals surface area contributed by atoms with Crippen molar-refractivity contribution in [2.45, 2.75) is 18.6 Å². The predicted molar refractivity (Wildman–Crippen MR) is 62.4 cm³/mol. The van der Waals surface area contributed by atoms with Gasteiger partial charge in [0.25, 0.3) is 15.2 Å². The molecule has 0 fully saturated rings. The number of halogens is 2. The third kappa shape index (κ3) is 2.61. The van der Waals surface area contributed by atoms with E-state index < -0.39 is 26.8 Å². The SMILES string of the molecule is CCn1c(-c2cc(F)cc(F)c2)nnc1S(N)(=O)=O. The first-order chi connectivity index (χ1) is 8.82. The maximum Gasteiger partial charge on any atom is 0.273 e. The van der Waals surface area contributed by atoms with Crippen LogP contribution in [0.3, 0.4) is 0 Å². The zero-order valence-electron chi connectivity index (χ0n) is 9.84. The van der Waals surface area contributed by atoms with Crippen LogP contribution in [0.15, 0.2) is 23.4 Å². The summed E-state index contributed by atoms with van der Waals surface area (Å²) in [5.74, 6) is -1.56. The Morgan fingerprint density at radius 2 is 1.79 bits per heavy atom. The lowest BCUT2D eigenvalue weighted by atomic mass is 10.2. The Kier molecular flexibility index (Phi) is 3.33. The molecule has 1 aromatic heterocycles. The molecule has 0 amide bonds. The minimum Gasteiger partial charge on any atom is -0.297 e. The summed E-state index contributed by atoms with van der Waals surface area (Å²) < 4.78 is 50.1. The van der Waals surface area contributed by atoms with Crippen molar-refractivity contribution in [3.63, 3.8) is 0 Å². The molecule has 0 aliphatic carbocycles. The quantitative estimate of drug-likeness (QED) is 0.908. The van der Waals surface area contributed by atoms with E-state index >= 15 is 0 Å². The Morgan fingerprint density at radius 3 is 2.26 bits per heavy atom. The summed E-state index contributed by atoms with van der Waals surface area (Å²) in [4.78, 5) is 0. The number of nitrogens with zero attached hydrogens (tertiary/aromatic N) is 3. The van der Waals surface area contributed by atoms with Crippen LogP contribution in [0.25, 0.3) is 11.4 Å². The molecule has 0 saturated heterocycles. The highest BCUT2D eigenvalue weighted by atomic mass is 32.2. The molecule has 102 valence electrons. The first-order valence-electron chi connectivity index (χ1n) is 5.25. The molecule has 0 aliphatic rings. The van der Waals surface area contributed by atoms with E-state index in [2.05, 4.69) is 10.2 Å². The van der Waals surface area contributed by atoms with Crippen LogP contribution < -0.4 is 5.14 Å². The van der Waals surface area contributed by atoms with Gasteiger partial charge in [-0.15, -0.1) is 10.2 Å². The fourth-order valence-electron chi connectivity index (χ4n) is 1.68. The first-order valence-corrected chi connectivity index (χ1v) is 6.80. The molecule has 2 rings (SSSR count). The highest BCUT2D eigenvalue weighted by molar-refractivity contribution is 7.89. The number of nitrogens with two attached hydrogens (primary N) is 1. The van der Waals surface area contributed by atoms with E-state index in [0.29, 0.717) is 6.07 Å². The van der Waals surface area contributed by atoms with Gasteiger partial charge in [-0.3, -0.25) is 4.57 Å². The number of rotatable bonds is 3. The third-order valence-corrected chi connectivity index (χ3v) is 3.22. The minimum atomic E-state index is -4.05. The second kappa shape index (κ2) is 4.67. The summed E-state index contributed by atoms with van der Waals surface area (Å²) in [6.45, 7) is 1.82. The summed E-state index contributed by atoms with van der Waals surface area (Å²) in [6, 6.07) is 2.77. The van der Waals surface area contributed by atoms with Crippen LogP contribution in [0, 0.1) is 11.6 Å². The fraction of sp³-hybridized carbons (Fsp3) is 0.200. The number of primary sulfonamides is 1. The summed E-state index contributed by atoms with van der Waals surface area (Å²) in [7, 11) is -4.05. The molecule has 0 aliphatic heterocycles. The molecule has 19 heavy (non-hydrogen) atoms. The lowest BCUT2D eigenvalue weighted by molar-refractivity contribution is 0.570. The van der Waals surface area contributed by atoms with Crippen molar-refractivity contribution in [1.29, 1.82) is 0 Å². The van der Waals surface area contributed by atoms with E-state index in [0.717, 1.165) is 12.1 Å². The molecule has 0 bridgehead atoms. The topological polar surface area (TPSA) is 90.9 Å². The van der Waals surface area contributed by atoms with Crippen LogP contribution in [0.2, 0.25) is 0 Å². The van der Waals surface area contributed by atoms with Crippen molar-refractivity contribution in [2.24, 2.45) is 5.14 Å². The summed E-state index contributed by atoms with van der Waals surface area (Å²) in [5, 5.41) is 11.6. The Hall–Kier alpha value is -1.87. The van der Waals surface area contributed by atoms with Gasteiger partial charge in [0.15, 0.2) is 5.82 Å². The van der Waals surface area contributed by atoms with Crippen LogP contribution in [0.5, 0.6) is 0 Å². The number of hydrogen-bond donors (Lipinski definition) is 1. The van der Waals surface area contributed by atoms with Crippen molar-refractivity contribution >= 4 is 10.0 Å². The minimum absolute atomic E-state index is 0.0323. The Bertz CT molecular complexity index is 707. The molecule has 6 nitrogen and oxygen atoms in total. The van der Waals surface area contributed by atoms with Gasteiger partial charge >= 0.3 is 0 Å². The molecule has 1 aromatic carbocycles. The molecular formula is C10H10F2N4O2S. The van der Waals surface area contributed by atoms with Gasteiger partial charge in [-0.1, -0.05) is 0 Å². The standard InChI is InChI=1S/C10H10F2N4O2S/c1-2-16-9(14-15-10(16)19(13,17)18)6-3-7(11)5-8(12)4-6/h3-5H,2H2,1H3,(H2,13,17,18). The van der Waals surface area contributed by atoms with Crippen LogP contribution in [-0.2, 0) is 16.6 Å². The van der Waals surface area contributed by atoms with Gasteiger partial charge in [-0.25, -0.2) is 22.3 Å². The van der Waals surface area contributed by atoms with Gasteiger partial charge in [-0.2, -0.15) is 0 Å². The number of sulfonamides is 1. The molecule has 9 heteroatoms. The monoisotopic (exact) mass is 288 g/mol. The van der Waals surface area contributed by atoms with E-state index in [-0.39, 0.29) is 17.9 Å². The average Bonchev–Trinajstić information content (AvgIpc) is 2.70. The largest absolute Gasteiger partial charge is 0.297 e. The second-order valence-corrected chi connectivity index (χ2v) is 5.21. The fourth-order valence-corrected chi connectivity index (χ4v) is 2.36. The second-order valence-electron chi connectivity index (χ2n) is 3.75. The van der Waals surface area contributed by atoms with Gasteiger partial charge < -0.3 is 0 Å². The average molecular weight is 288 g/mol. The maximum atomic E-state index is 13.1. The Labute approximate surface area is 107 Å². The number of benzene rings is 1. The zero-order chi connectivity index (χ0) is 14.2. The highest BCUT2D eigenvalue weighted by Crippen LogP contribution is 2.22. The van der Waals surface area contributed by atoms with Crippen molar-refractivity contribution in [3.8, 4) is 11.4 Å². The van der Waals surface area contributed by atoms with Crippen LogP contribution in [-0.4, -0.2) is 23.2 Å². The van der Waals surface area contributed by atoms with Gasteiger partial charge in [0, 0.05) is 18.2 Å². The van der Waals surface area contributed by atoms with Gasteiger partial charge in [-0.05, 0) is 19.1 Å². The predicted octanol–water partition coefficient (Wildman–Crippen LogP) is 0.891. The zero-order valence-corrected chi connectivity index (χ0v) is 10.7. The molecule has 0 spiro atoms. The van der Waals surface area contributed by atoms with Crippen LogP contribution in [0.4, 0.5) is 8.78 Å². The molecule has 1 heterocycles. The van der Waals surface area contributed by atoms with Crippen molar-refractivity contribution in [3.05, 3.63) is 29.8 Å². The first kappa shape index (κ1) is 13.6. The van der Waals surface area contributed by atoms with E-state index in [1.807, 2.05) is 0 Å². The molecule has 0 unspecified atom stereocenters. The van der Waals surface area contributed by atoms with E-state index in [9.17, 15) is 17.2 Å². The van der Waals surface area contributed by atoms with Crippen LogP contribution in [0.1, 0.15) is 6.92 Å². The molecule has 2 N–H and O–H groups in total. The lowest BCUT2D eigenvalue weighted by Gasteiger charge is -2.06. The maximum absolute atomic E-state index is 13.1. The molecule has 0 saturated carbocycles. The van der Waals surface area contributed by atoms with Crippen LogP contribution >= 0.6 is 0 Å². The Balaban J connectivity index is 2.67. The summed E-state index contributed by atoms with van der Waals surface area (Å²) >= 11 is 0. The van der Waals surface area contributed by atoms with Gasteiger partial charge in [0.2, 0.25) is 0 Å². The normalized spacial score (nSPS) is 11.8. The van der Waals surface area contributed by atoms with E-state index in [4.69, 9.17) is 5.14 Å². The summed E-state index contributed by atoms with van der Waals surface area (Å²) in [6.07, 6.45) is 0. The van der Waals surface area contributed by atoms with Crippen molar-refractivity contribution in [1.82, 2.24) is 14.8 Å².